The van der Waals surface area contributed by atoms with Gasteiger partial charge in [0.05, 0.1) is 6.67 Å². The Morgan fingerprint density at radius 3 is 1.62 bits per heavy atom. The second-order valence-corrected chi connectivity index (χ2v) is 12.8. The van der Waals surface area contributed by atoms with Crippen LogP contribution in [0.4, 0.5) is 0 Å². The molecule has 2 aliphatic heterocycles. The van der Waals surface area contributed by atoms with Crippen LogP contribution in [0.15, 0.2) is 56.9 Å². The number of sulfonamides is 2. The predicted molar refractivity (Wildman–Crippen MR) is 114 cm³/mol. The molecule has 6 rings (SSSR count). The topological polar surface area (TPSA) is 74.8 Å². The number of nitrogens with zero attached hydrogens (tertiary/aromatic N) is 2. The van der Waals surface area contributed by atoms with Gasteiger partial charge >= 0.3 is 0 Å². The normalized spacial score (nSPS) is 20.4. The van der Waals surface area contributed by atoms with Gasteiger partial charge in [-0.05, 0) is 23.3 Å². The summed E-state index contributed by atoms with van der Waals surface area (Å²) in [5.41, 5.74) is 1.81. The highest BCUT2D eigenvalue weighted by atomic mass is 32.2. The average molecular weight is 463 g/mol. The molecule has 4 heterocycles. The molecular weight excluding hydrogens is 448 g/mol. The second-order valence-electron chi connectivity index (χ2n) is 7.15. The summed E-state index contributed by atoms with van der Waals surface area (Å²) in [5, 5.41) is 4.83. The van der Waals surface area contributed by atoms with Crippen molar-refractivity contribution in [3.63, 3.8) is 0 Å². The minimum atomic E-state index is -3.77. The smallest absolute Gasteiger partial charge is 0.207 e. The largest absolute Gasteiger partial charge is 0.246 e. The van der Waals surface area contributed by atoms with Gasteiger partial charge in [0, 0.05) is 44.0 Å². The SMILES string of the molecule is O=S1(=O)c2csc3cccc(c23)CN1CN1Cc2cccc3scc(c23)S1(=O)=O. The van der Waals surface area contributed by atoms with Gasteiger partial charge < -0.3 is 0 Å². The number of hydrogen-bond acceptors (Lipinski definition) is 6. The van der Waals surface area contributed by atoms with Crippen LogP contribution in [0.3, 0.4) is 0 Å². The van der Waals surface area contributed by atoms with Crippen LogP contribution in [0.2, 0.25) is 0 Å². The Morgan fingerprint density at radius 1 is 0.724 bits per heavy atom. The first kappa shape index (κ1) is 18.0. The quantitative estimate of drug-likeness (QED) is 0.454. The molecule has 29 heavy (non-hydrogen) atoms. The Kier molecular flexibility index (Phi) is 3.64. The Labute approximate surface area is 175 Å². The van der Waals surface area contributed by atoms with E-state index in [4.69, 9.17) is 0 Å². The highest BCUT2D eigenvalue weighted by molar-refractivity contribution is 7.90. The van der Waals surface area contributed by atoms with Crippen molar-refractivity contribution >= 4 is 62.9 Å². The fourth-order valence-electron chi connectivity index (χ4n) is 4.16. The molecule has 4 aromatic rings. The van der Waals surface area contributed by atoms with Gasteiger partial charge in [0.25, 0.3) is 0 Å². The first-order chi connectivity index (χ1) is 13.9. The second kappa shape index (κ2) is 5.87. The first-order valence-corrected chi connectivity index (χ1v) is 13.5. The molecule has 0 saturated carbocycles. The minimum absolute atomic E-state index is 0.163. The summed E-state index contributed by atoms with van der Waals surface area (Å²) in [7, 11) is -7.54. The zero-order valence-electron chi connectivity index (χ0n) is 14.9. The van der Waals surface area contributed by atoms with Crippen molar-refractivity contribution in [2.75, 3.05) is 6.67 Å². The third-order valence-corrected chi connectivity index (χ3v) is 11.3. The van der Waals surface area contributed by atoms with Gasteiger partial charge in [0.1, 0.15) is 9.79 Å². The Balaban J connectivity index is 1.44. The van der Waals surface area contributed by atoms with Gasteiger partial charge in [-0.3, -0.25) is 0 Å². The van der Waals surface area contributed by atoms with Crippen LogP contribution >= 0.6 is 22.7 Å². The molecule has 10 heteroatoms. The summed E-state index contributed by atoms with van der Waals surface area (Å²) in [6, 6.07) is 11.4. The van der Waals surface area contributed by atoms with Crippen LogP contribution in [0.5, 0.6) is 0 Å². The van der Waals surface area contributed by atoms with Gasteiger partial charge in [-0.15, -0.1) is 22.7 Å². The van der Waals surface area contributed by atoms with E-state index in [1.165, 1.54) is 31.3 Å². The van der Waals surface area contributed by atoms with Crippen molar-refractivity contribution in [3.05, 3.63) is 58.3 Å². The van der Waals surface area contributed by atoms with Gasteiger partial charge in [-0.25, -0.2) is 16.8 Å². The number of hydrogen-bond donors (Lipinski definition) is 0. The van der Waals surface area contributed by atoms with Crippen LogP contribution in [0, 0.1) is 0 Å². The summed E-state index contributed by atoms with van der Waals surface area (Å²) in [6.07, 6.45) is 0. The van der Waals surface area contributed by atoms with Crippen LogP contribution in [-0.4, -0.2) is 32.1 Å². The molecular formula is C19H14N2O4S4. The Morgan fingerprint density at radius 2 is 1.17 bits per heavy atom. The molecule has 0 radical (unpaired) electrons. The molecule has 0 fully saturated rings. The van der Waals surface area contributed by atoms with E-state index in [9.17, 15) is 16.8 Å². The molecule has 0 N–H and O–H groups in total. The van der Waals surface area contributed by atoms with Crippen molar-refractivity contribution in [1.29, 1.82) is 0 Å². The van der Waals surface area contributed by atoms with E-state index in [-0.39, 0.29) is 29.5 Å². The molecule has 0 saturated heterocycles. The van der Waals surface area contributed by atoms with E-state index >= 15 is 0 Å². The van der Waals surface area contributed by atoms with Crippen molar-refractivity contribution in [3.8, 4) is 0 Å². The molecule has 2 aliphatic rings. The number of rotatable bonds is 2. The molecule has 0 atom stereocenters. The van der Waals surface area contributed by atoms with E-state index in [1.54, 1.807) is 10.8 Å². The monoisotopic (exact) mass is 462 g/mol. The zero-order chi connectivity index (χ0) is 20.0. The summed E-state index contributed by atoms with van der Waals surface area (Å²) >= 11 is 2.79. The van der Waals surface area contributed by atoms with E-state index in [0.29, 0.717) is 0 Å². The molecule has 148 valence electrons. The Bertz CT molecular complexity index is 1420. The van der Waals surface area contributed by atoms with Gasteiger partial charge in [-0.2, -0.15) is 8.61 Å². The minimum Gasteiger partial charge on any atom is -0.207 e. The highest BCUT2D eigenvalue weighted by Gasteiger charge is 2.39. The van der Waals surface area contributed by atoms with Gasteiger partial charge in [-0.1, -0.05) is 24.3 Å². The highest BCUT2D eigenvalue weighted by Crippen LogP contribution is 2.41. The zero-order valence-corrected chi connectivity index (χ0v) is 18.2. The lowest BCUT2D eigenvalue weighted by atomic mass is 10.1. The van der Waals surface area contributed by atoms with E-state index in [0.717, 1.165) is 31.3 Å². The van der Waals surface area contributed by atoms with Gasteiger partial charge in [0.15, 0.2) is 0 Å². The summed E-state index contributed by atoms with van der Waals surface area (Å²) < 4.78 is 57.3. The van der Waals surface area contributed by atoms with Crippen LogP contribution in [0.1, 0.15) is 11.1 Å². The third kappa shape index (κ3) is 2.38. The van der Waals surface area contributed by atoms with Crippen molar-refractivity contribution in [2.24, 2.45) is 0 Å². The molecule has 0 aliphatic carbocycles. The fraction of sp³-hybridized carbons (Fsp3) is 0.158. The maximum absolute atomic E-state index is 13.2. The molecule has 0 spiro atoms. The fourth-order valence-corrected chi connectivity index (χ4v) is 10.1. The molecule has 2 aromatic carbocycles. The molecule has 2 aromatic heterocycles. The summed E-state index contributed by atoms with van der Waals surface area (Å²) in [6.45, 7) is 0.119. The van der Waals surface area contributed by atoms with Crippen molar-refractivity contribution in [1.82, 2.24) is 8.61 Å². The van der Waals surface area contributed by atoms with Crippen LogP contribution < -0.4 is 0 Å². The first-order valence-electron chi connectivity index (χ1n) is 8.86. The molecule has 0 bridgehead atoms. The maximum Gasteiger partial charge on any atom is 0.246 e. The van der Waals surface area contributed by atoms with E-state index < -0.39 is 20.0 Å². The summed E-state index contributed by atoms with van der Waals surface area (Å²) in [4.78, 5) is 0.541. The Hall–Kier alpha value is -1.82. The summed E-state index contributed by atoms with van der Waals surface area (Å²) in [5.74, 6) is 0. The van der Waals surface area contributed by atoms with Crippen LogP contribution in [-0.2, 0) is 33.1 Å². The van der Waals surface area contributed by atoms with Gasteiger partial charge in [0.2, 0.25) is 20.0 Å². The average Bonchev–Trinajstić information content (AvgIpc) is 3.31. The lowest BCUT2D eigenvalue weighted by Crippen LogP contribution is -2.45. The van der Waals surface area contributed by atoms with E-state index in [1.807, 2.05) is 36.4 Å². The lowest BCUT2D eigenvalue weighted by Gasteiger charge is -2.33. The maximum atomic E-state index is 13.2. The third-order valence-electron chi connectivity index (χ3n) is 5.55. The lowest BCUT2D eigenvalue weighted by molar-refractivity contribution is 0.273. The number of thiophene rings is 2. The molecule has 6 nitrogen and oxygen atoms in total. The molecule has 0 amide bonds. The van der Waals surface area contributed by atoms with Crippen LogP contribution in [0.25, 0.3) is 20.2 Å². The van der Waals surface area contributed by atoms with Crippen molar-refractivity contribution in [2.45, 2.75) is 22.9 Å². The molecule has 0 unspecified atom stereocenters. The standard InChI is InChI=1S/C19H14N2O4S4/c22-28(23)16-9-26-14-5-1-3-12(18(14)16)7-20(28)11-21-8-13-4-2-6-15-19(13)17(10-27-15)29(21,24)25/h1-6,9-10H,7-8,11H2. The van der Waals surface area contributed by atoms with Crippen molar-refractivity contribution < 1.29 is 16.8 Å². The predicted octanol–water partition coefficient (Wildman–Crippen LogP) is 3.78. The van der Waals surface area contributed by atoms with E-state index in [2.05, 4.69) is 0 Å². The number of benzene rings is 2.